The van der Waals surface area contributed by atoms with Crippen molar-refractivity contribution in [3.8, 4) is 11.5 Å². The number of esters is 1. The van der Waals surface area contributed by atoms with E-state index < -0.39 is 0 Å². The van der Waals surface area contributed by atoms with E-state index in [1.54, 1.807) is 0 Å². The summed E-state index contributed by atoms with van der Waals surface area (Å²) in [6.07, 6.45) is 11.7. The molecule has 7 atom stereocenters. The van der Waals surface area contributed by atoms with E-state index >= 15 is 0 Å². The number of carbonyl (C=O) groups is 2. The number of ether oxygens (including phenoxy) is 2. The van der Waals surface area contributed by atoms with Crippen molar-refractivity contribution in [1.29, 1.82) is 0 Å². The summed E-state index contributed by atoms with van der Waals surface area (Å²) in [5.41, 5.74) is 3.75. The van der Waals surface area contributed by atoms with Crippen LogP contribution in [-0.4, -0.2) is 70.2 Å². The van der Waals surface area contributed by atoms with Gasteiger partial charge in [-0.05, 0) is 94.9 Å². The number of aryl methyl sites for hydroxylation is 1. The summed E-state index contributed by atoms with van der Waals surface area (Å²) in [6, 6.07) is 15.2. The molecule has 2 heterocycles. The number of rotatable bonds is 13. The molecular formula is C39H52N2O5. The topological polar surface area (TPSA) is 79.3 Å². The molecule has 2 unspecified atom stereocenters. The lowest BCUT2D eigenvalue weighted by molar-refractivity contribution is -0.146. The summed E-state index contributed by atoms with van der Waals surface area (Å²) in [7, 11) is 0. The van der Waals surface area contributed by atoms with Gasteiger partial charge in [-0.25, -0.2) is 0 Å². The predicted molar refractivity (Wildman–Crippen MR) is 178 cm³/mol. The average molecular weight is 629 g/mol. The summed E-state index contributed by atoms with van der Waals surface area (Å²) in [4.78, 5) is 31.0. The Labute approximate surface area is 274 Å². The molecule has 2 bridgehead atoms. The van der Waals surface area contributed by atoms with Gasteiger partial charge in [0.25, 0.3) is 0 Å². The third-order valence-electron chi connectivity index (χ3n) is 11.9. The number of hydrogen-bond acceptors (Lipinski definition) is 6. The van der Waals surface area contributed by atoms with Crippen LogP contribution >= 0.6 is 0 Å². The Hall–Kier alpha value is -2.90. The van der Waals surface area contributed by atoms with E-state index in [1.807, 2.05) is 6.07 Å². The maximum atomic E-state index is 14.0. The van der Waals surface area contributed by atoms with Crippen LogP contribution in [-0.2, 0) is 27.8 Å². The van der Waals surface area contributed by atoms with E-state index in [1.165, 1.54) is 36.5 Å². The molecule has 2 saturated carbocycles. The molecule has 46 heavy (non-hydrogen) atoms. The summed E-state index contributed by atoms with van der Waals surface area (Å²) in [6.45, 7) is 7.67. The second-order valence-corrected chi connectivity index (χ2v) is 15.1. The van der Waals surface area contributed by atoms with Gasteiger partial charge in [-0.2, -0.15) is 0 Å². The lowest BCUT2D eigenvalue weighted by Crippen LogP contribution is -2.69. The number of piperidine rings is 1. The third kappa shape index (κ3) is 5.76. The monoisotopic (exact) mass is 628 g/mol. The fraction of sp³-hybridized carbons (Fsp3) is 0.641. The highest BCUT2D eigenvalue weighted by atomic mass is 16.6. The Morgan fingerprint density at radius 1 is 1.07 bits per heavy atom. The smallest absolute Gasteiger partial charge is 0.308 e. The Kier molecular flexibility index (Phi) is 8.92. The maximum Gasteiger partial charge on any atom is 0.308 e. The zero-order chi connectivity index (χ0) is 32.0. The Morgan fingerprint density at radius 2 is 1.83 bits per heavy atom. The van der Waals surface area contributed by atoms with Crippen LogP contribution in [0, 0.1) is 11.8 Å². The van der Waals surface area contributed by atoms with Gasteiger partial charge >= 0.3 is 5.97 Å². The van der Waals surface area contributed by atoms with Crippen LogP contribution in [0.25, 0.3) is 0 Å². The summed E-state index contributed by atoms with van der Waals surface area (Å²) in [5.74, 6) is 1.97. The summed E-state index contributed by atoms with van der Waals surface area (Å²) in [5, 5.41) is 10.2. The minimum absolute atomic E-state index is 0.0180. The molecule has 3 aliphatic carbocycles. The lowest BCUT2D eigenvalue weighted by atomic mass is 9.51. The molecule has 2 aromatic rings. The zero-order valence-corrected chi connectivity index (χ0v) is 28.0. The first kappa shape index (κ1) is 31.7. The van der Waals surface area contributed by atoms with Crippen LogP contribution in [0.2, 0.25) is 0 Å². The van der Waals surface area contributed by atoms with E-state index in [9.17, 15) is 14.7 Å². The van der Waals surface area contributed by atoms with Gasteiger partial charge in [-0.15, -0.1) is 0 Å². The molecule has 1 N–H and O–H groups in total. The van der Waals surface area contributed by atoms with Gasteiger partial charge in [-0.1, -0.05) is 55.7 Å². The molecule has 248 valence electrons. The van der Waals surface area contributed by atoms with Crippen LogP contribution in [0.15, 0.2) is 42.5 Å². The van der Waals surface area contributed by atoms with Crippen molar-refractivity contribution in [2.45, 2.75) is 134 Å². The SMILES string of the molecule is CC(=O)Oc1ccc2c3c1O[C@H]1[C@H](N(C(=O)CCCCCCCc4ccccc4)C(C)C)CC[C@H]4[C@@H](C2)N(CC2CC2O)CC[C@@]341. The van der Waals surface area contributed by atoms with Crippen LogP contribution in [0.1, 0.15) is 102 Å². The van der Waals surface area contributed by atoms with Gasteiger partial charge in [0.1, 0.15) is 6.10 Å². The highest BCUT2D eigenvalue weighted by Crippen LogP contribution is 2.64. The highest BCUT2D eigenvalue weighted by molar-refractivity contribution is 5.77. The molecular weight excluding hydrogens is 576 g/mol. The molecule has 1 saturated heterocycles. The Bertz CT molecular complexity index is 1430. The standard InChI is InChI=1S/C39H52N2O5/c1-25(2)41(35(44)15-11-6-4-5-8-12-27-13-9-7-10-14-27)31-18-17-30-32-22-28-16-19-34(45-26(3)42)37-36(28)39(30,38(31)46-37)20-21-40(32)24-29-23-33(29)43/h7,9-10,13-14,16,19,25,29-33,38,43H,4-6,8,11-12,15,17-18,20-24H2,1-3H3/t29?,30-,31+,32+,33?,38-,39-/m0/s1. The number of carbonyl (C=O) groups excluding carboxylic acids is 2. The number of aliphatic hydroxyl groups excluding tert-OH is 1. The Balaban J connectivity index is 1.08. The third-order valence-corrected chi connectivity index (χ3v) is 11.9. The average Bonchev–Trinajstić information content (AvgIpc) is 3.61. The summed E-state index contributed by atoms with van der Waals surface area (Å²) >= 11 is 0. The zero-order valence-electron chi connectivity index (χ0n) is 28.0. The van der Waals surface area contributed by atoms with Crippen molar-refractivity contribution in [3.05, 3.63) is 59.2 Å². The summed E-state index contributed by atoms with van der Waals surface area (Å²) < 4.78 is 12.8. The molecule has 2 aliphatic heterocycles. The van der Waals surface area contributed by atoms with Gasteiger partial charge in [-0.3, -0.25) is 14.5 Å². The molecule has 5 aliphatic rings. The molecule has 7 nitrogen and oxygen atoms in total. The Morgan fingerprint density at radius 3 is 2.57 bits per heavy atom. The van der Waals surface area contributed by atoms with Crippen molar-refractivity contribution < 1.29 is 24.2 Å². The van der Waals surface area contributed by atoms with Gasteiger partial charge in [0.2, 0.25) is 5.91 Å². The van der Waals surface area contributed by atoms with E-state index in [0.29, 0.717) is 30.0 Å². The van der Waals surface area contributed by atoms with Crippen LogP contribution in [0.4, 0.5) is 0 Å². The largest absolute Gasteiger partial charge is 0.483 e. The number of amides is 1. The van der Waals surface area contributed by atoms with Crippen molar-refractivity contribution in [1.82, 2.24) is 9.80 Å². The van der Waals surface area contributed by atoms with Crippen LogP contribution in [0.5, 0.6) is 11.5 Å². The number of likely N-dealkylation sites (tertiary alicyclic amines) is 1. The van der Waals surface area contributed by atoms with Crippen molar-refractivity contribution in [3.63, 3.8) is 0 Å². The van der Waals surface area contributed by atoms with Gasteiger partial charge in [0, 0.05) is 48.9 Å². The normalized spacial score (nSPS) is 30.5. The molecule has 1 spiro atoms. The number of nitrogens with zero attached hydrogens (tertiary/aromatic N) is 2. The van der Waals surface area contributed by atoms with Gasteiger partial charge in [0.15, 0.2) is 11.5 Å². The number of aliphatic hydroxyl groups is 1. The van der Waals surface area contributed by atoms with Crippen molar-refractivity contribution in [2.24, 2.45) is 11.8 Å². The van der Waals surface area contributed by atoms with E-state index in [4.69, 9.17) is 9.47 Å². The number of hydrogen-bond donors (Lipinski definition) is 1. The fourth-order valence-corrected chi connectivity index (χ4v) is 9.83. The quantitative estimate of drug-likeness (QED) is 0.161. The second kappa shape index (κ2) is 13.0. The molecule has 2 aromatic carbocycles. The first-order valence-electron chi connectivity index (χ1n) is 18.1. The number of benzene rings is 2. The van der Waals surface area contributed by atoms with Crippen molar-refractivity contribution in [2.75, 3.05) is 13.1 Å². The van der Waals surface area contributed by atoms with E-state index in [0.717, 1.165) is 76.6 Å². The molecule has 0 aromatic heterocycles. The maximum absolute atomic E-state index is 14.0. The highest BCUT2D eigenvalue weighted by Gasteiger charge is 2.67. The first-order valence-corrected chi connectivity index (χ1v) is 18.1. The minimum Gasteiger partial charge on any atom is -0.483 e. The lowest BCUT2D eigenvalue weighted by Gasteiger charge is -2.61. The van der Waals surface area contributed by atoms with Gasteiger partial charge < -0.3 is 19.5 Å². The van der Waals surface area contributed by atoms with E-state index in [-0.39, 0.29) is 41.6 Å². The molecule has 7 rings (SSSR count). The van der Waals surface area contributed by atoms with Gasteiger partial charge in [0.05, 0.1) is 12.1 Å². The molecule has 7 heteroatoms. The molecule has 1 amide bonds. The minimum atomic E-state index is -0.342. The predicted octanol–water partition coefficient (Wildman–Crippen LogP) is 6.22. The van der Waals surface area contributed by atoms with E-state index in [2.05, 4.69) is 60.0 Å². The molecule has 3 fully saturated rings. The molecule has 0 radical (unpaired) electrons. The second-order valence-electron chi connectivity index (χ2n) is 15.1. The van der Waals surface area contributed by atoms with Crippen LogP contribution < -0.4 is 9.47 Å². The van der Waals surface area contributed by atoms with Crippen molar-refractivity contribution >= 4 is 11.9 Å². The fourth-order valence-electron chi connectivity index (χ4n) is 9.83. The number of unbranched alkanes of at least 4 members (excludes halogenated alkanes) is 4. The first-order chi connectivity index (χ1) is 22.3. The van der Waals surface area contributed by atoms with Crippen LogP contribution in [0.3, 0.4) is 0 Å².